The molecule has 2 amide bonds. The van der Waals surface area contributed by atoms with Crippen LogP contribution >= 0.6 is 11.3 Å². The highest BCUT2D eigenvalue weighted by Crippen LogP contribution is 2.44. The van der Waals surface area contributed by atoms with Gasteiger partial charge in [0.2, 0.25) is 0 Å². The predicted molar refractivity (Wildman–Crippen MR) is 84.8 cm³/mol. The number of carbonyl (C=O) groups excluding carboxylic acids is 1. The van der Waals surface area contributed by atoms with Crippen molar-refractivity contribution in [2.24, 2.45) is 0 Å². The maximum absolute atomic E-state index is 12.1. The van der Waals surface area contributed by atoms with E-state index in [1.807, 2.05) is 16.2 Å². The first-order valence-corrected chi connectivity index (χ1v) is 8.87. The number of thiophene rings is 1. The van der Waals surface area contributed by atoms with E-state index in [4.69, 9.17) is 4.74 Å². The molecule has 1 spiro atoms. The highest BCUT2D eigenvalue weighted by molar-refractivity contribution is 7.10. The maximum Gasteiger partial charge on any atom is 0.317 e. The number of hydrogen-bond acceptors (Lipinski definition) is 3. The van der Waals surface area contributed by atoms with Gasteiger partial charge in [0, 0.05) is 24.5 Å². The van der Waals surface area contributed by atoms with Crippen LogP contribution in [0.15, 0.2) is 11.4 Å². The Balaban J connectivity index is 1.60. The van der Waals surface area contributed by atoms with E-state index in [9.17, 15) is 4.79 Å². The molecule has 1 aromatic rings. The third-order valence-corrected chi connectivity index (χ3v) is 5.72. The van der Waals surface area contributed by atoms with Gasteiger partial charge in [0.05, 0.1) is 6.61 Å². The number of fused-ring (bicyclic) bond motifs is 2. The summed E-state index contributed by atoms with van der Waals surface area (Å²) in [5.74, 6) is 0. The number of carbonyl (C=O) groups is 1. The van der Waals surface area contributed by atoms with Crippen LogP contribution in [0.1, 0.15) is 43.0 Å². The van der Waals surface area contributed by atoms with Crippen molar-refractivity contribution in [3.8, 4) is 0 Å². The van der Waals surface area contributed by atoms with Crippen LogP contribution in [0.2, 0.25) is 0 Å². The highest BCUT2D eigenvalue weighted by Gasteiger charge is 2.42. The molecule has 0 saturated carbocycles. The Morgan fingerprint density at radius 1 is 1.48 bits per heavy atom. The molecule has 1 fully saturated rings. The zero-order valence-electron chi connectivity index (χ0n) is 12.7. The van der Waals surface area contributed by atoms with E-state index in [1.54, 1.807) is 0 Å². The van der Waals surface area contributed by atoms with Gasteiger partial charge in [-0.25, -0.2) is 4.79 Å². The molecule has 0 unspecified atom stereocenters. The zero-order chi connectivity index (χ0) is 14.7. The predicted octanol–water partition coefficient (Wildman–Crippen LogP) is 3.12. The molecular formula is C16H24N2O2S. The van der Waals surface area contributed by atoms with Gasteiger partial charge in [-0.1, -0.05) is 13.3 Å². The minimum atomic E-state index is -0.123. The topological polar surface area (TPSA) is 41.6 Å². The minimum absolute atomic E-state index is 0.0838. The smallest absolute Gasteiger partial charge is 0.317 e. The van der Waals surface area contributed by atoms with Gasteiger partial charge in [0.15, 0.2) is 0 Å². The minimum Gasteiger partial charge on any atom is -0.369 e. The van der Waals surface area contributed by atoms with E-state index in [1.165, 1.54) is 10.4 Å². The molecule has 0 aromatic carbocycles. The Kier molecular flexibility index (Phi) is 4.50. The fraction of sp³-hybridized carbons (Fsp3) is 0.688. The number of unbranched alkanes of at least 4 members (excludes halogenated alkanes) is 1. The van der Waals surface area contributed by atoms with Gasteiger partial charge in [-0.2, -0.15) is 0 Å². The van der Waals surface area contributed by atoms with E-state index in [0.29, 0.717) is 0 Å². The van der Waals surface area contributed by atoms with Crippen LogP contribution in [0.4, 0.5) is 4.79 Å². The first kappa shape index (κ1) is 14.9. The molecule has 0 bridgehead atoms. The average Bonchev–Trinajstić information content (AvgIpc) is 2.98. The van der Waals surface area contributed by atoms with E-state index in [-0.39, 0.29) is 11.6 Å². The molecule has 0 radical (unpaired) electrons. The summed E-state index contributed by atoms with van der Waals surface area (Å²) in [6, 6.07) is 2.31. The van der Waals surface area contributed by atoms with E-state index < -0.39 is 0 Å². The average molecular weight is 308 g/mol. The van der Waals surface area contributed by atoms with Crippen molar-refractivity contribution < 1.29 is 9.53 Å². The van der Waals surface area contributed by atoms with Crippen LogP contribution < -0.4 is 5.32 Å². The van der Waals surface area contributed by atoms with Crippen molar-refractivity contribution in [1.29, 1.82) is 0 Å². The molecule has 21 heavy (non-hydrogen) atoms. The molecule has 0 aliphatic carbocycles. The lowest BCUT2D eigenvalue weighted by Crippen LogP contribution is -2.50. The Morgan fingerprint density at radius 2 is 2.29 bits per heavy atom. The molecule has 1 saturated heterocycles. The molecule has 4 nitrogen and oxygen atoms in total. The number of rotatable bonds is 3. The summed E-state index contributed by atoms with van der Waals surface area (Å²) in [7, 11) is 0. The summed E-state index contributed by atoms with van der Waals surface area (Å²) in [5.41, 5.74) is 1.33. The van der Waals surface area contributed by atoms with Gasteiger partial charge in [0.25, 0.3) is 0 Å². The summed E-state index contributed by atoms with van der Waals surface area (Å²) in [4.78, 5) is 15.5. The van der Waals surface area contributed by atoms with Crippen LogP contribution in [0.25, 0.3) is 0 Å². The van der Waals surface area contributed by atoms with E-state index in [0.717, 1.165) is 58.3 Å². The second-order valence-corrected chi connectivity index (χ2v) is 6.86. The van der Waals surface area contributed by atoms with Crippen molar-refractivity contribution in [3.63, 3.8) is 0 Å². The first-order valence-electron chi connectivity index (χ1n) is 7.99. The molecule has 5 heteroatoms. The Labute approximate surface area is 130 Å². The van der Waals surface area contributed by atoms with Gasteiger partial charge in [0.1, 0.15) is 5.60 Å². The normalized spacial score (nSPS) is 20.3. The van der Waals surface area contributed by atoms with Gasteiger partial charge in [-0.15, -0.1) is 11.3 Å². The van der Waals surface area contributed by atoms with Gasteiger partial charge >= 0.3 is 6.03 Å². The fourth-order valence-corrected chi connectivity index (χ4v) is 4.45. The lowest BCUT2D eigenvalue weighted by Gasteiger charge is -2.43. The molecule has 3 heterocycles. The Hall–Kier alpha value is -1.07. The number of amides is 2. The highest BCUT2D eigenvalue weighted by atomic mass is 32.1. The van der Waals surface area contributed by atoms with Gasteiger partial charge < -0.3 is 15.0 Å². The van der Waals surface area contributed by atoms with Crippen molar-refractivity contribution >= 4 is 17.4 Å². The third kappa shape index (κ3) is 2.94. The monoisotopic (exact) mass is 308 g/mol. The van der Waals surface area contributed by atoms with Crippen LogP contribution in [-0.2, 0) is 16.8 Å². The molecule has 0 atom stereocenters. The quantitative estimate of drug-likeness (QED) is 0.872. The summed E-state index contributed by atoms with van der Waals surface area (Å²) in [5, 5.41) is 5.18. The molecule has 3 rings (SSSR count). The van der Waals surface area contributed by atoms with E-state index >= 15 is 0 Å². The molecule has 116 valence electrons. The van der Waals surface area contributed by atoms with Crippen LogP contribution in [0, 0.1) is 0 Å². The Bertz CT molecular complexity index is 492. The number of piperidine rings is 1. The number of likely N-dealkylation sites (tertiary alicyclic amines) is 1. The fourth-order valence-electron chi connectivity index (χ4n) is 3.28. The molecule has 1 N–H and O–H groups in total. The summed E-state index contributed by atoms with van der Waals surface area (Å²) in [6.07, 6.45) is 5.02. The standard InChI is InChI=1S/C16H24N2O2S/c1-2-3-8-17-15(19)18-9-6-16(7-10-18)14-13(4-11-20-16)5-12-21-14/h5,12H,2-4,6-11H2,1H3,(H,17,19). The SMILES string of the molecule is CCCCNC(=O)N1CCC2(CC1)OCCc1ccsc12. The summed E-state index contributed by atoms with van der Waals surface area (Å²) < 4.78 is 6.17. The summed E-state index contributed by atoms with van der Waals surface area (Å²) in [6.45, 7) is 5.30. The largest absolute Gasteiger partial charge is 0.369 e. The maximum atomic E-state index is 12.1. The van der Waals surface area contributed by atoms with Gasteiger partial charge in [-0.05, 0) is 42.7 Å². The van der Waals surface area contributed by atoms with Crippen molar-refractivity contribution in [3.05, 3.63) is 21.9 Å². The van der Waals surface area contributed by atoms with E-state index in [2.05, 4.69) is 23.7 Å². The van der Waals surface area contributed by atoms with Crippen LogP contribution in [0.5, 0.6) is 0 Å². The molecule has 2 aliphatic heterocycles. The third-order valence-electron chi connectivity index (χ3n) is 4.58. The number of nitrogens with one attached hydrogen (secondary N) is 1. The first-order chi connectivity index (χ1) is 10.2. The van der Waals surface area contributed by atoms with Crippen molar-refractivity contribution in [1.82, 2.24) is 10.2 Å². The molecule has 1 aromatic heterocycles. The van der Waals surface area contributed by atoms with Crippen molar-refractivity contribution in [2.75, 3.05) is 26.2 Å². The Morgan fingerprint density at radius 3 is 3.05 bits per heavy atom. The molecular weight excluding hydrogens is 284 g/mol. The zero-order valence-corrected chi connectivity index (χ0v) is 13.5. The van der Waals surface area contributed by atoms with Crippen LogP contribution in [-0.4, -0.2) is 37.2 Å². The number of ether oxygens (including phenoxy) is 1. The number of hydrogen-bond donors (Lipinski definition) is 1. The van der Waals surface area contributed by atoms with Crippen LogP contribution in [0.3, 0.4) is 0 Å². The van der Waals surface area contributed by atoms with Crippen molar-refractivity contribution in [2.45, 2.75) is 44.6 Å². The molecule has 2 aliphatic rings. The number of nitrogens with zero attached hydrogens (tertiary/aromatic N) is 1. The van der Waals surface area contributed by atoms with Gasteiger partial charge in [-0.3, -0.25) is 0 Å². The number of urea groups is 1. The lowest BCUT2D eigenvalue weighted by atomic mass is 9.85. The lowest BCUT2D eigenvalue weighted by molar-refractivity contribution is -0.0896. The second-order valence-electron chi connectivity index (χ2n) is 5.94. The second kappa shape index (κ2) is 6.36. The summed E-state index contributed by atoms with van der Waals surface area (Å²) >= 11 is 1.81.